The number of imide groups is 2. The summed E-state index contributed by atoms with van der Waals surface area (Å²) >= 11 is 0. The van der Waals surface area contributed by atoms with Crippen LogP contribution in [0.25, 0.3) is 0 Å². The van der Waals surface area contributed by atoms with Crippen LogP contribution in [0.15, 0.2) is 24.4 Å². The van der Waals surface area contributed by atoms with E-state index in [1.165, 1.54) is 6.42 Å². The smallest absolute Gasteiger partial charge is 0.276 e. The van der Waals surface area contributed by atoms with Crippen molar-refractivity contribution in [1.29, 1.82) is 0 Å². The van der Waals surface area contributed by atoms with E-state index in [0.717, 1.165) is 30.8 Å². The Labute approximate surface area is 332 Å². The molecular weight excluding hydrogens is 746 g/mol. The Morgan fingerprint density at radius 1 is 0.825 bits per heavy atom. The molecule has 1 aromatic heterocycles. The molecule has 2 N–H and O–H groups in total. The molecule has 1 unspecified atom stereocenters. The molecule has 2 aliphatic rings. The highest BCUT2D eigenvalue weighted by Crippen LogP contribution is 2.22. The minimum atomic E-state index is -1.03. The summed E-state index contributed by atoms with van der Waals surface area (Å²) in [6, 6.07) is 4.06. The fourth-order valence-corrected chi connectivity index (χ4v) is 6.01. The molecule has 316 valence electrons. The maximum Gasteiger partial charge on any atom is 0.276 e. The second-order valence-electron chi connectivity index (χ2n) is 13.2. The third-order valence-corrected chi connectivity index (χ3v) is 9.12. The molecule has 4 rings (SSSR count). The van der Waals surface area contributed by atoms with Gasteiger partial charge in [0, 0.05) is 37.3 Å². The van der Waals surface area contributed by atoms with Gasteiger partial charge < -0.3 is 43.4 Å². The van der Waals surface area contributed by atoms with Crippen LogP contribution in [-0.4, -0.2) is 173 Å². The van der Waals surface area contributed by atoms with Crippen LogP contribution in [0.5, 0.6) is 0 Å². The minimum absolute atomic E-state index is 0.0558. The molecule has 1 aromatic carbocycles. The maximum atomic E-state index is 13.1. The third kappa shape index (κ3) is 16.2. The highest BCUT2D eigenvalue weighted by molar-refractivity contribution is 6.08. The zero-order chi connectivity index (χ0) is 40.5. The van der Waals surface area contributed by atoms with Crippen molar-refractivity contribution in [3.05, 3.63) is 41.2 Å². The van der Waals surface area contributed by atoms with Gasteiger partial charge in [0.15, 0.2) is 5.69 Å². The average molecular weight is 804 g/mol. The van der Waals surface area contributed by atoms with E-state index in [2.05, 4.69) is 20.9 Å². The van der Waals surface area contributed by atoms with Gasteiger partial charge in [0.05, 0.1) is 105 Å². The number of hydrogen-bond acceptors (Lipinski definition) is 15. The van der Waals surface area contributed by atoms with Gasteiger partial charge in [-0.15, -0.1) is 5.10 Å². The van der Waals surface area contributed by atoms with Gasteiger partial charge in [0.1, 0.15) is 6.04 Å². The summed E-state index contributed by atoms with van der Waals surface area (Å²) in [5, 5.41) is 13.4. The second kappa shape index (κ2) is 26.5. The summed E-state index contributed by atoms with van der Waals surface area (Å²) in [5.74, 6) is -1.75. The molecular formula is C38H57N7O12. The topological polar surface area (TPSA) is 211 Å². The Morgan fingerprint density at radius 2 is 1.39 bits per heavy atom. The van der Waals surface area contributed by atoms with Crippen LogP contribution in [0.2, 0.25) is 0 Å². The maximum absolute atomic E-state index is 13.1. The van der Waals surface area contributed by atoms with Crippen LogP contribution in [0, 0.1) is 6.92 Å². The number of likely N-dealkylation sites (tertiary alicyclic amines) is 1. The molecule has 2 saturated heterocycles. The van der Waals surface area contributed by atoms with E-state index in [-0.39, 0.29) is 24.3 Å². The second-order valence-corrected chi connectivity index (χ2v) is 13.2. The Kier molecular flexibility index (Phi) is 21.1. The number of nitrogens with zero attached hydrogens (tertiary/aromatic N) is 5. The van der Waals surface area contributed by atoms with E-state index < -0.39 is 23.8 Å². The van der Waals surface area contributed by atoms with Crippen LogP contribution in [0.4, 0.5) is 5.69 Å². The number of carbonyl (C=O) groups is 5. The number of rotatable bonds is 29. The van der Waals surface area contributed by atoms with Crippen molar-refractivity contribution in [2.75, 3.05) is 117 Å². The fourth-order valence-electron chi connectivity index (χ4n) is 6.01. The van der Waals surface area contributed by atoms with Gasteiger partial charge in [0.25, 0.3) is 11.8 Å². The number of aromatic nitrogens is 3. The Hall–Kier alpha value is -4.37. The summed E-state index contributed by atoms with van der Waals surface area (Å²) in [6.07, 6.45) is 5.39. The molecule has 19 heteroatoms. The van der Waals surface area contributed by atoms with E-state index in [4.69, 9.17) is 33.2 Å². The largest absolute Gasteiger partial charge is 0.382 e. The molecule has 57 heavy (non-hydrogen) atoms. The standard InChI is InChI=1S/C38H57N7O12/c1-30-31(37(49)45(29-46)34-8-9-35(47)40-36(34)48)6-5-7-32(30)39-10-14-51-16-18-53-20-22-55-24-26-57-27-25-56-23-21-54-19-17-52-15-13-44-28-33(41-42-44)38(50)43-11-3-2-4-12-43/h5-7,28-29,34,39H,2-4,8-27H2,1H3,(H,40,47,48). The number of hydrogen-bond donors (Lipinski definition) is 2. The van der Waals surface area contributed by atoms with Gasteiger partial charge in [-0.1, -0.05) is 11.3 Å². The first-order valence-corrected chi connectivity index (χ1v) is 19.6. The molecule has 5 amide bonds. The SMILES string of the molecule is Cc1c(NCCOCCOCCOCCOCCOCCOCCOCCn2cc(C(=O)N3CCCCC3)nn2)cccc1C(=O)N(C=O)C1CCC(=O)NC1=O. The van der Waals surface area contributed by atoms with E-state index in [1.54, 1.807) is 29.9 Å². The molecule has 0 radical (unpaired) electrons. The first-order chi connectivity index (χ1) is 27.9. The lowest BCUT2D eigenvalue weighted by Crippen LogP contribution is -2.53. The molecule has 1 atom stereocenters. The average Bonchev–Trinajstić information content (AvgIpc) is 3.70. The molecule has 0 saturated carbocycles. The van der Waals surface area contributed by atoms with E-state index >= 15 is 0 Å². The Bertz CT molecular complexity index is 1540. The number of piperidine rings is 2. The third-order valence-electron chi connectivity index (χ3n) is 9.12. The van der Waals surface area contributed by atoms with Crippen molar-refractivity contribution >= 4 is 35.7 Å². The highest BCUT2D eigenvalue weighted by Gasteiger charge is 2.35. The van der Waals surface area contributed by atoms with Gasteiger partial charge in [-0.3, -0.25) is 34.2 Å². The van der Waals surface area contributed by atoms with Crippen LogP contribution in [0.3, 0.4) is 0 Å². The predicted octanol–water partition coefficient (Wildman–Crippen LogP) is 0.845. The first-order valence-electron chi connectivity index (χ1n) is 19.6. The summed E-state index contributed by atoms with van der Waals surface area (Å²) in [5.41, 5.74) is 1.98. The first kappa shape index (κ1) is 45.3. The van der Waals surface area contributed by atoms with Gasteiger partial charge >= 0.3 is 0 Å². The quantitative estimate of drug-likeness (QED) is 0.0663. The molecule has 0 spiro atoms. The molecule has 2 aromatic rings. The van der Waals surface area contributed by atoms with E-state index in [0.29, 0.717) is 129 Å². The number of ether oxygens (including phenoxy) is 7. The van der Waals surface area contributed by atoms with Crippen LogP contribution < -0.4 is 10.6 Å². The fraction of sp³-hybridized carbons (Fsp3) is 0.658. The summed E-state index contributed by atoms with van der Waals surface area (Å²) in [4.78, 5) is 63.7. The predicted molar refractivity (Wildman–Crippen MR) is 204 cm³/mol. The summed E-state index contributed by atoms with van der Waals surface area (Å²) < 4.78 is 40.4. The normalized spacial score (nSPS) is 15.7. The van der Waals surface area contributed by atoms with Crippen molar-refractivity contribution in [2.24, 2.45) is 0 Å². The number of amides is 5. The molecule has 2 fully saturated rings. The number of nitrogens with one attached hydrogen (secondary N) is 2. The van der Waals surface area contributed by atoms with Crippen LogP contribution >= 0.6 is 0 Å². The molecule has 2 aliphatic heterocycles. The minimum Gasteiger partial charge on any atom is -0.382 e. The lowest BCUT2D eigenvalue weighted by molar-refractivity contribution is -0.139. The Balaban J connectivity index is 0.879. The van der Waals surface area contributed by atoms with Crippen LogP contribution in [0.1, 0.15) is 58.5 Å². The van der Waals surface area contributed by atoms with E-state index in [1.807, 2.05) is 11.0 Å². The summed E-state index contributed by atoms with van der Waals surface area (Å²) in [7, 11) is 0. The molecule has 0 bridgehead atoms. The zero-order valence-electron chi connectivity index (χ0n) is 32.9. The van der Waals surface area contributed by atoms with Crippen molar-refractivity contribution in [3.63, 3.8) is 0 Å². The zero-order valence-corrected chi connectivity index (χ0v) is 32.9. The molecule has 3 heterocycles. The monoisotopic (exact) mass is 803 g/mol. The van der Waals surface area contributed by atoms with Gasteiger partial charge in [-0.25, -0.2) is 4.68 Å². The van der Waals surface area contributed by atoms with Crippen molar-refractivity contribution < 1.29 is 57.1 Å². The lowest BCUT2D eigenvalue weighted by atomic mass is 10.0. The van der Waals surface area contributed by atoms with Crippen molar-refractivity contribution in [1.82, 2.24) is 30.1 Å². The van der Waals surface area contributed by atoms with Gasteiger partial charge in [-0.2, -0.15) is 0 Å². The van der Waals surface area contributed by atoms with Crippen molar-refractivity contribution in [3.8, 4) is 0 Å². The molecule has 0 aliphatic carbocycles. The summed E-state index contributed by atoms with van der Waals surface area (Å²) in [6.45, 7) is 10.4. The Morgan fingerprint density at radius 3 is 1.95 bits per heavy atom. The van der Waals surface area contributed by atoms with Crippen LogP contribution in [-0.2, 0) is 54.1 Å². The van der Waals surface area contributed by atoms with Gasteiger partial charge in [-0.05, 0) is 50.3 Å². The van der Waals surface area contributed by atoms with E-state index in [9.17, 15) is 24.0 Å². The van der Waals surface area contributed by atoms with Crippen molar-refractivity contribution in [2.45, 2.75) is 51.6 Å². The van der Waals surface area contributed by atoms with Gasteiger partial charge in [0.2, 0.25) is 18.2 Å². The number of benzene rings is 1. The lowest BCUT2D eigenvalue weighted by Gasteiger charge is -2.29. The number of carbonyl (C=O) groups excluding carboxylic acids is 5. The molecule has 19 nitrogen and oxygen atoms in total. The number of anilines is 1. The highest BCUT2D eigenvalue weighted by atomic mass is 16.6.